The highest BCUT2D eigenvalue weighted by molar-refractivity contribution is 6.02. The Morgan fingerprint density at radius 1 is 1.13 bits per heavy atom. The Hall–Kier alpha value is -5.16. The lowest BCUT2D eigenvalue weighted by Crippen LogP contribution is -2.31. The standard InChI is InChI=1S/C34H36N8O3/c1-5-31(43)37-26-16-27(30(44-4)17-29(26)41-14-12-22(19-41)40(2)3)38-34-36-18-24(33-35-13-15-45-33)32(39-34)25-20-42(21-10-11-21)28-9-7-6-8-23(25)28/h5-9,13,15-18,20-22H,1,10-12,14,19H2,2-4H3,(H,37,43)(H,36,38,39)/t22-/m0/s1. The number of likely N-dealkylation sites (N-methyl/N-ethyl adjacent to an activating group) is 1. The number of benzene rings is 2. The molecule has 0 radical (unpaired) electrons. The minimum absolute atomic E-state index is 0.295. The number of oxazole rings is 1. The number of hydrogen-bond donors (Lipinski definition) is 2. The highest BCUT2D eigenvalue weighted by Crippen LogP contribution is 2.44. The molecule has 1 saturated heterocycles. The number of hydrogen-bond acceptors (Lipinski definition) is 9. The molecule has 0 unspecified atom stereocenters. The number of nitrogens with zero attached hydrogens (tertiary/aromatic N) is 6. The largest absolute Gasteiger partial charge is 0.494 e. The number of methoxy groups -OCH3 is 1. The lowest BCUT2D eigenvalue weighted by atomic mass is 10.1. The minimum Gasteiger partial charge on any atom is -0.494 e. The molecule has 7 rings (SSSR count). The summed E-state index contributed by atoms with van der Waals surface area (Å²) in [6, 6.07) is 13.1. The Labute approximate surface area is 261 Å². The smallest absolute Gasteiger partial charge is 0.247 e. The van der Waals surface area contributed by atoms with Gasteiger partial charge in [-0.05, 0) is 51.6 Å². The van der Waals surface area contributed by atoms with E-state index in [0.717, 1.165) is 49.0 Å². The number of anilines is 4. The van der Waals surface area contributed by atoms with Gasteiger partial charge in [0.25, 0.3) is 0 Å². The lowest BCUT2D eigenvalue weighted by molar-refractivity contribution is -0.111. The molecule has 0 bridgehead atoms. The molecule has 11 heteroatoms. The summed E-state index contributed by atoms with van der Waals surface area (Å²) >= 11 is 0. The topological polar surface area (TPSA) is 114 Å². The van der Waals surface area contributed by atoms with E-state index in [0.29, 0.717) is 52.3 Å². The number of amides is 1. The monoisotopic (exact) mass is 604 g/mol. The number of nitrogens with one attached hydrogen (secondary N) is 2. The third kappa shape index (κ3) is 5.51. The van der Waals surface area contributed by atoms with Crippen molar-refractivity contribution in [1.29, 1.82) is 0 Å². The van der Waals surface area contributed by atoms with E-state index >= 15 is 0 Å². The zero-order chi connectivity index (χ0) is 31.1. The van der Waals surface area contributed by atoms with Crippen LogP contribution in [0.15, 0.2) is 78.3 Å². The van der Waals surface area contributed by atoms with Crippen LogP contribution in [0, 0.1) is 0 Å². The Morgan fingerprint density at radius 3 is 2.69 bits per heavy atom. The van der Waals surface area contributed by atoms with E-state index in [-0.39, 0.29) is 5.91 Å². The molecule has 11 nitrogen and oxygen atoms in total. The molecule has 1 aliphatic carbocycles. The van der Waals surface area contributed by atoms with Crippen LogP contribution in [0.4, 0.5) is 23.0 Å². The van der Waals surface area contributed by atoms with Crippen LogP contribution in [0.3, 0.4) is 0 Å². The molecular weight excluding hydrogens is 568 g/mol. The van der Waals surface area contributed by atoms with Gasteiger partial charge in [-0.15, -0.1) is 0 Å². The average Bonchev–Trinajstić information content (AvgIpc) is 3.42. The molecular formula is C34H36N8O3. The van der Waals surface area contributed by atoms with E-state index in [1.165, 1.54) is 11.6 Å². The summed E-state index contributed by atoms with van der Waals surface area (Å²) < 4.78 is 13.9. The Balaban J connectivity index is 1.31. The predicted molar refractivity (Wildman–Crippen MR) is 176 cm³/mol. The van der Waals surface area contributed by atoms with Crippen molar-refractivity contribution in [3.63, 3.8) is 0 Å². The van der Waals surface area contributed by atoms with Crippen molar-refractivity contribution in [3.8, 4) is 28.5 Å². The van der Waals surface area contributed by atoms with Crippen molar-refractivity contribution < 1.29 is 13.9 Å². The molecule has 2 N–H and O–H groups in total. The van der Waals surface area contributed by atoms with Crippen LogP contribution >= 0.6 is 0 Å². The number of rotatable bonds is 10. The van der Waals surface area contributed by atoms with Crippen molar-refractivity contribution in [3.05, 3.63) is 73.9 Å². The third-order valence-electron chi connectivity index (χ3n) is 8.63. The Kier molecular flexibility index (Phi) is 7.46. The number of ether oxygens (including phenoxy) is 1. The predicted octanol–water partition coefficient (Wildman–Crippen LogP) is 6.11. The highest BCUT2D eigenvalue weighted by atomic mass is 16.5. The molecule has 0 spiro atoms. The van der Waals surface area contributed by atoms with Gasteiger partial charge in [-0.3, -0.25) is 4.79 Å². The summed E-state index contributed by atoms with van der Waals surface area (Å²) in [5, 5.41) is 7.45. The summed E-state index contributed by atoms with van der Waals surface area (Å²) in [4.78, 5) is 31.1. The molecule has 45 heavy (non-hydrogen) atoms. The molecule has 1 amide bonds. The normalized spacial score (nSPS) is 16.4. The van der Waals surface area contributed by atoms with Gasteiger partial charge in [0.2, 0.25) is 17.7 Å². The molecule has 230 valence electrons. The molecule has 1 saturated carbocycles. The first kappa shape index (κ1) is 28.6. The summed E-state index contributed by atoms with van der Waals surface area (Å²) in [6.07, 6.45) is 11.7. The van der Waals surface area contributed by atoms with Crippen LogP contribution in [-0.2, 0) is 4.79 Å². The zero-order valence-corrected chi connectivity index (χ0v) is 25.7. The van der Waals surface area contributed by atoms with Crippen LogP contribution in [0.2, 0.25) is 0 Å². The van der Waals surface area contributed by atoms with E-state index in [2.05, 4.69) is 80.0 Å². The molecule has 1 aliphatic heterocycles. The van der Waals surface area contributed by atoms with Crippen LogP contribution in [-0.4, -0.2) is 70.7 Å². The molecule has 2 aliphatic rings. The molecule has 4 heterocycles. The van der Waals surface area contributed by atoms with E-state index in [1.807, 2.05) is 18.2 Å². The second-order valence-electron chi connectivity index (χ2n) is 11.7. The van der Waals surface area contributed by atoms with Gasteiger partial charge < -0.3 is 34.2 Å². The van der Waals surface area contributed by atoms with Crippen LogP contribution < -0.4 is 20.3 Å². The fourth-order valence-corrected chi connectivity index (χ4v) is 6.09. The number of carbonyl (C=O) groups excluding carboxylic acids is 1. The Morgan fingerprint density at radius 2 is 1.98 bits per heavy atom. The van der Waals surface area contributed by atoms with Crippen molar-refractivity contribution in [2.24, 2.45) is 0 Å². The zero-order valence-electron chi connectivity index (χ0n) is 25.7. The maximum Gasteiger partial charge on any atom is 0.247 e. The first-order valence-electron chi connectivity index (χ1n) is 15.1. The van der Waals surface area contributed by atoms with E-state index in [1.54, 1.807) is 25.8 Å². The molecule has 2 aromatic carbocycles. The number of carbonyl (C=O) groups is 1. The second-order valence-corrected chi connectivity index (χ2v) is 11.7. The maximum absolute atomic E-state index is 12.5. The van der Waals surface area contributed by atoms with Crippen LogP contribution in [0.25, 0.3) is 33.6 Å². The second kappa shape index (κ2) is 11.7. The molecule has 5 aromatic rings. The van der Waals surface area contributed by atoms with Gasteiger partial charge in [-0.2, -0.15) is 0 Å². The van der Waals surface area contributed by atoms with E-state index in [4.69, 9.17) is 14.1 Å². The van der Waals surface area contributed by atoms with Gasteiger partial charge in [-0.1, -0.05) is 24.8 Å². The van der Waals surface area contributed by atoms with E-state index in [9.17, 15) is 4.79 Å². The van der Waals surface area contributed by atoms with Crippen LogP contribution in [0.5, 0.6) is 5.75 Å². The van der Waals surface area contributed by atoms with Crippen molar-refractivity contribution >= 4 is 39.8 Å². The maximum atomic E-state index is 12.5. The first-order valence-corrected chi connectivity index (χ1v) is 15.1. The van der Waals surface area contributed by atoms with Gasteiger partial charge in [0.15, 0.2) is 0 Å². The number of para-hydroxylation sites is 1. The van der Waals surface area contributed by atoms with Crippen molar-refractivity contribution in [2.75, 3.05) is 49.8 Å². The summed E-state index contributed by atoms with van der Waals surface area (Å²) in [5.41, 5.74) is 5.67. The summed E-state index contributed by atoms with van der Waals surface area (Å²) in [5.74, 6) is 1.11. The van der Waals surface area contributed by atoms with Gasteiger partial charge in [0.05, 0.1) is 41.6 Å². The fourth-order valence-electron chi connectivity index (χ4n) is 6.09. The lowest BCUT2D eigenvalue weighted by Gasteiger charge is -2.25. The average molecular weight is 605 g/mol. The number of aromatic nitrogens is 4. The quantitative estimate of drug-likeness (QED) is 0.182. The fraction of sp³-hybridized carbons (Fsp3) is 0.294. The van der Waals surface area contributed by atoms with Gasteiger partial charge in [-0.25, -0.2) is 15.0 Å². The Bertz CT molecular complexity index is 1880. The van der Waals surface area contributed by atoms with Gasteiger partial charge in [0.1, 0.15) is 12.0 Å². The SMILES string of the molecule is C=CC(=O)Nc1cc(Nc2ncc(-c3ncco3)c(-c3cn(C4CC4)c4ccccc34)n2)c(OC)cc1N1CC[C@H](N(C)C)C1. The molecule has 1 atom stereocenters. The molecule has 3 aromatic heterocycles. The summed E-state index contributed by atoms with van der Waals surface area (Å²) in [7, 11) is 5.81. The van der Waals surface area contributed by atoms with Crippen molar-refractivity contribution in [2.45, 2.75) is 31.3 Å². The minimum atomic E-state index is -0.295. The van der Waals surface area contributed by atoms with Gasteiger partial charge in [0, 0.05) is 60.1 Å². The van der Waals surface area contributed by atoms with Crippen molar-refractivity contribution in [1.82, 2.24) is 24.4 Å². The van der Waals surface area contributed by atoms with E-state index < -0.39 is 0 Å². The van der Waals surface area contributed by atoms with Crippen LogP contribution in [0.1, 0.15) is 25.3 Å². The first-order chi connectivity index (χ1) is 21.9. The summed E-state index contributed by atoms with van der Waals surface area (Å²) in [6.45, 7) is 5.34. The third-order valence-corrected chi connectivity index (χ3v) is 8.63. The number of fused-ring (bicyclic) bond motifs is 1. The van der Waals surface area contributed by atoms with Gasteiger partial charge >= 0.3 is 0 Å². The molecule has 2 fully saturated rings. The highest BCUT2D eigenvalue weighted by Gasteiger charge is 2.29.